The van der Waals surface area contributed by atoms with Gasteiger partial charge in [-0.25, -0.2) is 9.97 Å². The molecule has 1 aromatic carbocycles. The van der Waals surface area contributed by atoms with Crippen molar-refractivity contribution in [2.45, 2.75) is 31.8 Å². The zero-order valence-electron chi connectivity index (χ0n) is 16.8. The van der Waals surface area contributed by atoms with Gasteiger partial charge in [0.05, 0.1) is 22.8 Å². The molecule has 2 aromatic heterocycles. The molecule has 1 aliphatic heterocycles. The van der Waals surface area contributed by atoms with E-state index in [-0.39, 0.29) is 23.9 Å². The predicted molar refractivity (Wildman–Crippen MR) is 120 cm³/mol. The molecule has 1 aliphatic rings. The van der Waals surface area contributed by atoms with Crippen molar-refractivity contribution >= 4 is 46.0 Å². The minimum atomic E-state index is -0.266. The highest BCUT2D eigenvalue weighted by molar-refractivity contribution is 6.35. The number of hydrogen-bond acceptors (Lipinski definition) is 8. The average Bonchev–Trinajstić information content (AvgIpc) is 3.17. The van der Waals surface area contributed by atoms with E-state index in [9.17, 15) is 10.1 Å². The molecule has 1 amide bonds. The molecule has 31 heavy (non-hydrogen) atoms. The maximum atomic E-state index is 11.5. The summed E-state index contributed by atoms with van der Waals surface area (Å²) in [6.45, 7) is 2.48. The number of carbonyl (C=O) groups is 1. The van der Waals surface area contributed by atoms with Crippen molar-refractivity contribution in [1.82, 2.24) is 20.3 Å². The van der Waals surface area contributed by atoms with Crippen molar-refractivity contribution in [3.05, 3.63) is 46.6 Å². The Hall–Kier alpha value is -3.64. The second kappa shape index (κ2) is 8.62. The summed E-state index contributed by atoms with van der Waals surface area (Å²) >= 11 is 6.36. The number of halogens is 1. The lowest BCUT2D eigenvalue weighted by molar-refractivity contribution is -0.119. The lowest BCUT2D eigenvalue weighted by Crippen LogP contribution is -2.32. The third kappa shape index (κ3) is 4.44. The molecule has 0 bridgehead atoms. The van der Waals surface area contributed by atoms with Crippen LogP contribution in [0.1, 0.15) is 36.9 Å². The minimum Gasteiger partial charge on any atom is -0.368 e. The fourth-order valence-electron chi connectivity index (χ4n) is 3.57. The van der Waals surface area contributed by atoms with Crippen molar-refractivity contribution in [2.24, 2.45) is 0 Å². The largest absolute Gasteiger partial charge is 0.368 e. The maximum Gasteiger partial charge on any atom is 0.222 e. The van der Waals surface area contributed by atoms with Gasteiger partial charge in [0.2, 0.25) is 11.9 Å². The van der Waals surface area contributed by atoms with Gasteiger partial charge in [0.15, 0.2) is 0 Å². The van der Waals surface area contributed by atoms with E-state index in [0.717, 1.165) is 17.4 Å². The number of amides is 1. The van der Waals surface area contributed by atoms with Crippen LogP contribution in [0.2, 0.25) is 5.02 Å². The molecule has 9 nitrogen and oxygen atoms in total. The van der Waals surface area contributed by atoms with E-state index in [4.69, 9.17) is 22.3 Å². The molecule has 0 spiro atoms. The van der Waals surface area contributed by atoms with Crippen LogP contribution in [0.25, 0.3) is 10.9 Å². The molecular weight excluding hydrogens is 416 g/mol. The van der Waals surface area contributed by atoms with E-state index in [2.05, 4.69) is 32.0 Å². The third-order valence-corrected chi connectivity index (χ3v) is 5.48. The Morgan fingerprint density at radius 1 is 1.39 bits per heavy atom. The number of fused-ring (bicyclic) bond motifs is 1. The Morgan fingerprint density at radius 3 is 2.97 bits per heavy atom. The minimum absolute atomic E-state index is 0.0409. The van der Waals surface area contributed by atoms with Crippen LogP contribution in [0.15, 0.2) is 30.5 Å². The van der Waals surface area contributed by atoms with Gasteiger partial charge >= 0.3 is 0 Å². The van der Waals surface area contributed by atoms with Crippen molar-refractivity contribution in [3.63, 3.8) is 0 Å². The second-order valence-corrected chi connectivity index (χ2v) is 7.80. The summed E-state index contributed by atoms with van der Waals surface area (Å²) in [4.78, 5) is 24.3. The number of para-hydroxylation sites is 1. The van der Waals surface area contributed by atoms with E-state index in [0.29, 0.717) is 40.7 Å². The van der Waals surface area contributed by atoms with E-state index < -0.39 is 0 Å². The van der Waals surface area contributed by atoms with Crippen LogP contribution in [0.5, 0.6) is 0 Å². The van der Waals surface area contributed by atoms with Crippen LogP contribution >= 0.6 is 11.6 Å². The van der Waals surface area contributed by atoms with Crippen molar-refractivity contribution in [3.8, 4) is 6.07 Å². The van der Waals surface area contributed by atoms with Gasteiger partial charge in [-0.1, -0.05) is 23.7 Å². The monoisotopic (exact) mass is 436 g/mol. The second-order valence-electron chi connectivity index (χ2n) is 7.39. The van der Waals surface area contributed by atoms with Gasteiger partial charge in [0.1, 0.15) is 23.3 Å². The lowest BCUT2D eigenvalue weighted by atomic mass is 10.1. The molecule has 4 rings (SSSR count). The summed E-state index contributed by atoms with van der Waals surface area (Å²) in [5, 5.41) is 20.3. The van der Waals surface area contributed by atoms with E-state index in [1.54, 1.807) is 6.07 Å². The van der Waals surface area contributed by atoms with Crippen molar-refractivity contribution in [1.29, 1.82) is 5.26 Å². The molecule has 5 N–H and O–H groups in total. The van der Waals surface area contributed by atoms with Gasteiger partial charge in [-0.15, -0.1) is 0 Å². The predicted octanol–water partition coefficient (Wildman–Crippen LogP) is 3.00. The molecule has 10 heteroatoms. The van der Waals surface area contributed by atoms with Crippen LogP contribution in [0, 0.1) is 11.3 Å². The highest BCUT2D eigenvalue weighted by atomic mass is 35.5. The van der Waals surface area contributed by atoms with Crippen LogP contribution < -0.4 is 21.7 Å². The lowest BCUT2D eigenvalue weighted by Gasteiger charge is -2.21. The number of nitrogens with two attached hydrogens (primary N) is 1. The Morgan fingerprint density at radius 2 is 2.23 bits per heavy atom. The summed E-state index contributed by atoms with van der Waals surface area (Å²) in [5.41, 5.74) is 7.54. The number of nitrogens with one attached hydrogen (secondary N) is 3. The molecule has 1 fully saturated rings. The quantitative estimate of drug-likeness (QED) is 0.462. The topological polar surface area (TPSA) is 142 Å². The number of pyridine rings is 1. The zero-order chi connectivity index (χ0) is 22.0. The zero-order valence-corrected chi connectivity index (χ0v) is 17.6. The molecule has 0 aliphatic carbocycles. The molecule has 0 radical (unpaired) electrons. The van der Waals surface area contributed by atoms with Crippen LogP contribution in [0.4, 0.5) is 17.6 Å². The van der Waals surface area contributed by atoms with Gasteiger partial charge in [-0.3, -0.25) is 4.79 Å². The first-order chi connectivity index (χ1) is 14.9. The first-order valence-corrected chi connectivity index (χ1v) is 10.2. The van der Waals surface area contributed by atoms with Gasteiger partial charge in [-0.2, -0.15) is 10.2 Å². The number of nitriles is 1. The van der Waals surface area contributed by atoms with Crippen molar-refractivity contribution < 1.29 is 4.79 Å². The summed E-state index contributed by atoms with van der Waals surface area (Å²) in [6.07, 6.45) is 2.69. The van der Waals surface area contributed by atoms with Gasteiger partial charge in [-0.05, 0) is 25.5 Å². The van der Waals surface area contributed by atoms with E-state index in [1.807, 2.05) is 25.1 Å². The number of carbonyl (C=O) groups excluding carboxylic acids is 1. The summed E-state index contributed by atoms with van der Waals surface area (Å²) < 4.78 is 0. The summed E-state index contributed by atoms with van der Waals surface area (Å²) in [7, 11) is 0. The highest BCUT2D eigenvalue weighted by Gasteiger charge is 2.22. The molecule has 1 unspecified atom stereocenters. The molecule has 3 heterocycles. The van der Waals surface area contributed by atoms with E-state index >= 15 is 0 Å². The standard InChI is InChI=1S/C21H21ClN8O/c1-11(27-19-13(8-23)9-26-21(24)30-19)15-7-12-3-2-4-16(22)18(12)29-20(15)25-10-14-5-6-17(31)28-14/h2-4,7,9,11,14H,5-6,10H2,1H3,(H,25,29)(H,28,31)(H3,24,26,27,30)/t11-,14?/m0/s1. The molecule has 1 saturated heterocycles. The SMILES string of the molecule is C[C@H](Nc1nc(N)ncc1C#N)c1cc2cccc(Cl)c2nc1NCC1CCC(=O)N1. The number of nitrogens with zero attached hydrogens (tertiary/aromatic N) is 4. The number of aromatic nitrogens is 3. The van der Waals surface area contributed by atoms with Gasteiger partial charge in [0.25, 0.3) is 0 Å². The number of anilines is 3. The fraction of sp³-hybridized carbons (Fsp3) is 0.286. The third-order valence-electron chi connectivity index (χ3n) is 5.17. The first kappa shape index (κ1) is 20.6. The maximum absolute atomic E-state index is 11.5. The Balaban J connectivity index is 1.68. The Kier molecular flexibility index (Phi) is 5.73. The Bertz CT molecular complexity index is 1190. The molecular formula is C21H21ClN8O. The normalized spacial score (nSPS) is 16.5. The number of nitrogen functional groups attached to an aromatic ring is 1. The first-order valence-electron chi connectivity index (χ1n) is 9.86. The number of benzene rings is 1. The fourth-order valence-corrected chi connectivity index (χ4v) is 3.79. The summed E-state index contributed by atoms with van der Waals surface area (Å²) in [5.74, 6) is 1.12. The Labute approximate surface area is 184 Å². The smallest absolute Gasteiger partial charge is 0.222 e. The van der Waals surface area contributed by atoms with Gasteiger partial charge < -0.3 is 21.7 Å². The molecule has 3 aromatic rings. The van der Waals surface area contributed by atoms with E-state index in [1.165, 1.54) is 6.20 Å². The highest BCUT2D eigenvalue weighted by Crippen LogP contribution is 2.31. The van der Waals surface area contributed by atoms with Crippen molar-refractivity contribution in [2.75, 3.05) is 22.9 Å². The molecule has 2 atom stereocenters. The molecule has 0 saturated carbocycles. The van der Waals surface area contributed by atoms with Crippen LogP contribution in [0.3, 0.4) is 0 Å². The van der Waals surface area contributed by atoms with Crippen LogP contribution in [-0.4, -0.2) is 33.4 Å². The number of hydrogen-bond donors (Lipinski definition) is 4. The number of rotatable bonds is 6. The van der Waals surface area contributed by atoms with Gasteiger partial charge in [0, 0.05) is 30.0 Å². The summed E-state index contributed by atoms with van der Waals surface area (Å²) in [6, 6.07) is 9.44. The van der Waals surface area contributed by atoms with Crippen LogP contribution in [-0.2, 0) is 4.79 Å². The molecule has 158 valence electrons. The average molecular weight is 437 g/mol.